The Bertz CT molecular complexity index is 984. The van der Waals surface area contributed by atoms with Crippen molar-refractivity contribution in [1.29, 1.82) is 0 Å². The van der Waals surface area contributed by atoms with Crippen LogP contribution in [0.2, 0.25) is 0 Å². The molecular weight excluding hydrogens is 422 g/mol. The Balaban J connectivity index is 2.13. The third-order valence-electron chi connectivity index (χ3n) is 5.59. The van der Waals surface area contributed by atoms with Crippen molar-refractivity contribution in [3.8, 4) is 5.69 Å². The van der Waals surface area contributed by atoms with E-state index in [1.165, 1.54) is 7.11 Å². The summed E-state index contributed by atoms with van der Waals surface area (Å²) < 4.78 is 11.9. The van der Waals surface area contributed by atoms with Crippen LogP contribution in [0.1, 0.15) is 68.3 Å². The number of aromatic nitrogens is 2. The van der Waals surface area contributed by atoms with Crippen LogP contribution in [0.5, 0.6) is 0 Å². The summed E-state index contributed by atoms with van der Waals surface area (Å²) in [6, 6.07) is 6.89. The van der Waals surface area contributed by atoms with E-state index in [-0.39, 0.29) is 30.4 Å². The molecule has 0 bridgehead atoms. The number of nitrogens with zero attached hydrogens (tertiary/aromatic N) is 3. The molecule has 0 aliphatic carbocycles. The molecular formula is C25H35N3O5. The minimum absolute atomic E-state index is 0.0104. The third-order valence-corrected chi connectivity index (χ3v) is 5.59. The maximum atomic E-state index is 12.7. The van der Waals surface area contributed by atoms with Gasteiger partial charge in [0.05, 0.1) is 24.1 Å². The first-order valence-electron chi connectivity index (χ1n) is 11.2. The smallest absolute Gasteiger partial charge is 0.338 e. The largest absolute Gasteiger partial charge is 0.469 e. The number of amides is 1. The van der Waals surface area contributed by atoms with E-state index in [9.17, 15) is 14.4 Å². The Hall–Kier alpha value is -3.16. The number of carbonyl (C=O) groups is 3. The summed E-state index contributed by atoms with van der Waals surface area (Å²) in [7, 11) is 1.37. The number of benzene rings is 1. The monoisotopic (exact) mass is 457 g/mol. The van der Waals surface area contributed by atoms with E-state index in [4.69, 9.17) is 9.47 Å². The second-order valence-corrected chi connectivity index (χ2v) is 8.66. The maximum Gasteiger partial charge on any atom is 0.338 e. The van der Waals surface area contributed by atoms with Crippen molar-refractivity contribution in [1.82, 2.24) is 14.7 Å². The van der Waals surface area contributed by atoms with Crippen LogP contribution in [-0.4, -0.2) is 57.8 Å². The molecule has 1 aromatic carbocycles. The van der Waals surface area contributed by atoms with Crippen molar-refractivity contribution in [3.05, 3.63) is 46.8 Å². The van der Waals surface area contributed by atoms with Crippen LogP contribution >= 0.6 is 0 Å². The second kappa shape index (κ2) is 11.1. The normalized spacial score (nSPS) is 12.1. The lowest BCUT2D eigenvalue weighted by Gasteiger charge is -2.32. The predicted molar refractivity (Wildman–Crippen MR) is 125 cm³/mol. The molecule has 1 amide bonds. The van der Waals surface area contributed by atoms with Crippen LogP contribution < -0.4 is 0 Å². The lowest BCUT2D eigenvalue weighted by molar-refractivity contribution is -0.143. The number of hydrogen-bond donors (Lipinski definition) is 0. The number of rotatable bonds is 9. The molecule has 33 heavy (non-hydrogen) atoms. The molecule has 0 fully saturated rings. The molecule has 1 unspecified atom stereocenters. The molecule has 0 spiro atoms. The Morgan fingerprint density at radius 2 is 1.58 bits per heavy atom. The van der Waals surface area contributed by atoms with Crippen molar-refractivity contribution < 1.29 is 23.9 Å². The molecule has 180 valence electrons. The van der Waals surface area contributed by atoms with Gasteiger partial charge in [-0.15, -0.1) is 0 Å². The fourth-order valence-corrected chi connectivity index (χ4v) is 3.95. The average Bonchev–Trinajstić information content (AvgIpc) is 3.04. The molecule has 1 heterocycles. The SMILES string of the molecule is COC(=O)CCc1c(C)nn(-c2ccc(C(=O)OC(C)C(=O)N(C(C)C)C(C)C)cc2)c1C. The Morgan fingerprint density at radius 3 is 2.09 bits per heavy atom. The molecule has 2 rings (SSSR count). The molecule has 0 N–H and O–H groups in total. The summed E-state index contributed by atoms with van der Waals surface area (Å²) in [6.07, 6.45) is -0.0449. The Labute approximate surface area is 195 Å². The summed E-state index contributed by atoms with van der Waals surface area (Å²) in [5, 5.41) is 4.58. The number of esters is 2. The third kappa shape index (κ3) is 6.21. The van der Waals surface area contributed by atoms with Gasteiger partial charge < -0.3 is 14.4 Å². The van der Waals surface area contributed by atoms with Gasteiger partial charge in [0.1, 0.15) is 0 Å². The number of aryl methyl sites for hydroxylation is 1. The van der Waals surface area contributed by atoms with Crippen LogP contribution in [0.4, 0.5) is 0 Å². The van der Waals surface area contributed by atoms with Gasteiger partial charge in [-0.3, -0.25) is 9.59 Å². The van der Waals surface area contributed by atoms with E-state index in [0.717, 1.165) is 22.6 Å². The fourth-order valence-electron chi connectivity index (χ4n) is 3.95. The van der Waals surface area contributed by atoms with Gasteiger partial charge in [0.15, 0.2) is 6.10 Å². The average molecular weight is 458 g/mol. The zero-order chi connectivity index (χ0) is 24.9. The van der Waals surface area contributed by atoms with E-state index in [1.807, 2.05) is 41.5 Å². The molecule has 2 aromatic rings. The molecule has 8 nitrogen and oxygen atoms in total. The first-order chi connectivity index (χ1) is 15.5. The maximum absolute atomic E-state index is 12.7. The lowest BCUT2D eigenvalue weighted by Crippen LogP contribution is -2.47. The highest BCUT2D eigenvalue weighted by Crippen LogP contribution is 2.20. The highest BCUT2D eigenvalue weighted by Gasteiger charge is 2.28. The number of carbonyl (C=O) groups excluding carboxylic acids is 3. The van der Waals surface area contributed by atoms with Crippen molar-refractivity contribution in [3.63, 3.8) is 0 Å². The fraction of sp³-hybridized carbons (Fsp3) is 0.520. The molecule has 1 aromatic heterocycles. The minimum Gasteiger partial charge on any atom is -0.469 e. The highest BCUT2D eigenvalue weighted by atomic mass is 16.5. The van der Waals surface area contributed by atoms with Crippen molar-refractivity contribution >= 4 is 17.8 Å². The first kappa shape index (κ1) is 26.1. The minimum atomic E-state index is -0.879. The van der Waals surface area contributed by atoms with Crippen molar-refractivity contribution in [2.45, 2.75) is 79.5 Å². The molecule has 0 aliphatic rings. The van der Waals surface area contributed by atoms with Crippen LogP contribution in [0.3, 0.4) is 0 Å². The van der Waals surface area contributed by atoms with Gasteiger partial charge in [0, 0.05) is 24.2 Å². The zero-order valence-corrected chi connectivity index (χ0v) is 20.8. The Morgan fingerprint density at radius 1 is 1.00 bits per heavy atom. The van der Waals surface area contributed by atoms with E-state index in [2.05, 4.69) is 5.10 Å². The molecule has 0 radical (unpaired) electrons. The topological polar surface area (TPSA) is 90.7 Å². The highest BCUT2D eigenvalue weighted by molar-refractivity contribution is 5.92. The summed E-state index contributed by atoms with van der Waals surface area (Å²) in [5.74, 6) is -1.03. The molecule has 8 heteroatoms. The van der Waals surface area contributed by atoms with Crippen molar-refractivity contribution in [2.24, 2.45) is 0 Å². The van der Waals surface area contributed by atoms with Crippen LogP contribution in [0.15, 0.2) is 24.3 Å². The van der Waals surface area contributed by atoms with E-state index in [0.29, 0.717) is 12.0 Å². The molecule has 0 saturated heterocycles. The molecule has 1 atom stereocenters. The van der Waals surface area contributed by atoms with Crippen LogP contribution in [-0.2, 0) is 25.5 Å². The van der Waals surface area contributed by atoms with E-state index >= 15 is 0 Å². The second-order valence-electron chi connectivity index (χ2n) is 8.66. The summed E-state index contributed by atoms with van der Waals surface area (Å²) in [5.41, 5.74) is 3.90. The Kier molecular flexibility index (Phi) is 8.79. The predicted octanol–water partition coefficient (Wildman–Crippen LogP) is 3.79. The quantitative estimate of drug-likeness (QED) is 0.532. The van der Waals surface area contributed by atoms with Gasteiger partial charge in [-0.25, -0.2) is 9.48 Å². The van der Waals surface area contributed by atoms with Crippen LogP contribution in [0, 0.1) is 13.8 Å². The van der Waals surface area contributed by atoms with E-state index in [1.54, 1.807) is 40.8 Å². The molecule has 0 aliphatic heterocycles. The number of hydrogen-bond acceptors (Lipinski definition) is 6. The summed E-state index contributed by atoms with van der Waals surface area (Å²) in [4.78, 5) is 38.5. The number of ether oxygens (including phenoxy) is 2. The zero-order valence-electron chi connectivity index (χ0n) is 20.8. The van der Waals surface area contributed by atoms with E-state index < -0.39 is 12.1 Å². The summed E-state index contributed by atoms with van der Waals surface area (Å²) >= 11 is 0. The van der Waals surface area contributed by atoms with Gasteiger partial charge in [0.25, 0.3) is 5.91 Å². The van der Waals surface area contributed by atoms with Gasteiger partial charge in [-0.05, 0) is 84.7 Å². The van der Waals surface area contributed by atoms with Gasteiger partial charge in [0.2, 0.25) is 0 Å². The lowest BCUT2D eigenvalue weighted by atomic mass is 10.1. The van der Waals surface area contributed by atoms with Crippen LogP contribution in [0.25, 0.3) is 5.69 Å². The van der Waals surface area contributed by atoms with Gasteiger partial charge in [-0.1, -0.05) is 0 Å². The molecule has 0 saturated carbocycles. The van der Waals surface area contributed by atoms with Crippen molar-refractivity contribution in [2.75, 3.05) is 7.11 Å². The summed E-state index contributed by atoms with van der Waals surface area (Å²) in [6.45, 7) is 13.2. The van der Waals surface area contributed by atoms with Gasteiger partial charge in [-0.2, -0.15) is 5.10 Å². The standard InChI is InChI=1S/C25H35N3O5/c1-15(2)27(16(3)4)24(30)19(7)33-25(31)20-9-11-21(12-10-20)28-18(6)22(17(5)26-28)13-14-23(29)32-8/h9-12,15-16,19H,13-14H2,1-8H3. The number of methoxy groups -OCH3 is 1. The first-order valence-corrected chi connectivity index (χ1v) is 11.2. The van der Waals surface area contributed by atoms with Gasteiger partial charge >= 0.3 is 11.9 Å².